The van der Waals surface area contributed by atoms with Crippen molar-refractivity contribution < 1.29 is 0 Å². The Morgan fingerprint density at radius 1 is 1.33 bits per heavy atom. The highest BCUT2D eigenvalue weighted by Gasteiger charge is 2.35. The van der Waals surface area contributed by atoms with E-state index >= 15 is 0 Å². The van der Waals surface area contributed by atoms with Gasteiger partial charge in [-0.05, 0) is 55.8 Å². The minimum absolute atomic E-state index is 0.385. The number of thiophene rings is 1. The predicted molar refractivity (Wildman–Crippen MR) is 88.8 cm³/mol. The number of fused-ring (bicyclic) bond motifs is 2. The van der Waals surface area contributed by atoms with Crippen LogP contribution in [0.4, 0.5) is 0 Å². The molecule has 2 fully saturated rings. The molecule has 0 spiro atoms. The molecule has 21 heavy (non-hydrogen) atoms. The largest absolute Gasteiger partial charge is 0.306 e. The highest BCUT2D eigenvalue weighted by molar-refractivity contribution is 7.17. The van der Waals surface area contributed by atoms with Gasteiger partial charge in [-0.15, -0.1) is 11.3 Å². The van der Waals surface area contributed by atoms with Crippen molar-refractivity contribution in [2.24, 2.45) is 0 Å². The van der Waals surface area contributed by atoms with Gasteiger partial charge in [-0.25, -0.2) is 0 Å². The van der Waals surface area contributed by atoms with Crippen molar-refractivity contribution >= 4 is 21.6 Å². The van der Waals surface area contributed by atoms with Gasteiger partial charge in [-0.1, -0.05) is 6.42 Å². The molecule has 3 nitrogen and oxygen atoms in total. The molecule has 2 saturated heterocycles. The molecule has 0 aromatic carbocycles. The molecule has 4 heteroatoms. The second-order valence-corrected chi connectivity index (χ2v) is 7.40. The first kappa shape index (κ1) is 13.7. The molecule has 0 amide bonds. The van der Waals surface area contributed by atoms with Crippen LogP contribution in [0.3, 0.4) is 0 Å². The Labute approximate surface area is 130 Å². The Balaban J connectivity index is 1.48. The Bertz CT molecular complexity index is 623. The maximum absolute atomic E-state index is 4.58. The minimum atomic E-state index is 0.385. The lowest BCUT2D eigenvalue weighted by Crippen LogP contribution is -2.45. The van der Waals surface area contributed by atoms with E-state index in [0.717, 1.165) is 11.6 Å². The van der Waals surface area contributed by atoms with Gasteiger partial charge in [-0.3, -0.25) is 9.88 Å². The fourth-order valence-electron chi connectivity index (χ4n) is 3.96. The van der Waals surface area contributed by atoms with Gasteiger partial charge in [0.05, 0.1) is 10.2 Å². The molecular formula is C17H23N3S. The third kappa shape index (κ3) is 2.60. The summed E-state index contributed by atoms with van der Waals surface area (Å²) in [5.41, 5.74) is 2.44. The average Bonchev–Trinajstić information content (AvgIpc) is 3.13. The maximum atomic E-state index is 4.58. The van der Waals surface area contributed by atoms with E-state index in [-0.39, 0.29) is 0 Å². The van der Waals surface area contributed by atoms with Gasteiger partial charge in [0.15, 0.2) is 0 Å². The molecule has 112 valence electrons. The second-order valence-electron chi connectivity index (χ2n) is 6.46. The number of rotatable bonds is 3. The van der Waals surface area contributed by atoms with Crippen LogP contribution >= 0.6 is 11.3 Å². The standard InChI is InChI=1S/C17H23N3S/c1-12(13-10-17-15(18-11-13)6-9-21-17)19-14-5-8-20-7-3-2-4-16(14)20/h6,9-12,14,16,19H,2-5,7-8H2,1H3. The number of aromatic nitrogens is 1. The van der Waals surface area contributed by atoms with Crippen molar-refractivity contribution in [3.05, 3.63) is 29.3 Å². The first-order chi connectivity index (χ1) is 10.3. The third-order valence-corrected chi connectivity index (χ3v) is 6.00. The highest BCUT2D eigenvalue weighted by Crippen LogP contribution is 2.29. The third-order valence-electron chi connectivity index (χ3n) is 5.14. The molecule has 3 atom stereocenters. The van der Waals surface area contributed by atoms with Crippen molar-refractivity contribution in [2.45, 2.75) is 50.7 Å². The van der Waals surface area contributed by atoms with Gasteiger partial charge in [0, 0.05) is 30.9 Å². The molecule has 2 aromatic heterocycles. The van der Waals surface area contributed by atoms with E-state index in [4.69, 9.17) is 0 Å². The molecule has 0 aliphatic carbocycles. The lowest BCUT2D eigenvalue weighted by molar-refractivity contribution is 0.177. The Kier molecular flexibility index (Phi) is 3.69. The number of hydrogen-bond acceptors (Lipinski definition) is 4. The quantitative estimate of drug-likeness (QED) is 0.939. The van der Waals surface area contributed by atoms with E-state index < -0.39 is 0 Å². The van der Waals surface area contributed by atoms with Crippen molar-refractivity contribution in [1.82, 2.24) is 15.2 Å². The lowest BCUT2D eigenvalue weighted by Gasteiger charge is -2.33. The fourth-order valence-corrected chi connectivity index (χ4v) is 4.75. The summed E-state index contributed by atoms with van der Waals surface area (Å²) in [7, 11) is 0. The molecule has 2 aromatic rings. The molecular weight excluding hydrogens is 278 g/mol. The summed E-state index contributed by atoms with van der Waals surface area (Å²) >= 11 is 1.78. The normalized spacial score (nSPS) is 27.9. The molecule has 1 N–H and O–H groups in total. The SMILES string of the molecule is CC(NC1CCN2CCCCC12)c1cnc2ccsc2c1. The van der Waals surface area contributed by atoms with E-state index in [2.05, 4.69) is 39.6 Å². The van der Waals surface area contributed by atoms with E-state index in [1.807, 2.05) is 6.20 Å². The van der Waals surface area contributed by atoms with Crippen molar-refractivity contribution in [1.29, 1.82) is 0 Å². The number of hydrogen-bond donors (Lipinski definition) is 1. The number of pyridine rings is 1. The zero-order valence-corrected chi connectivity index (χ0v) is 13.4. The zero-order chi connectivity index (χ0) is 14.2. The number of piperidine rings is 1. The van der Waals surface area contributed by atoms with Gasteiger partial charge >= 0.3 is 0 Å². The summed E-state index contributed by atoms with van der Waals surface area (Å²) in [5.74, 6) is 0. The molecule has 4 heterocycles. The average molecular weight is 301 g/mol. The van der Waals surface area contributed by atoms with Gasteiger partial charge in [-0.2, -0.15) is 0 Å². The van der Waals surface area contributed by atoms with E-state index in [0.29, 0.717) is 12.1 Å². The Morgan fingerprint density at radius 2 is 2.29 bits per heavy atom. The Hall–Kier alpha value is -0.970. The van der Waals surface area contributed by atoms with Crippen LogP contribution in [-0.4, -0.2) is 35.1 Å². The number of nitrogens with one attached hydrogen (secondary N) is 1. The second kappa shape index (κ2) is 5.67. The lowest BCUT2D eigenvalue weighted by atomic mass is 9.98. The van der Waals surface area contributed by atoms with Gasteiger partial charge in [0.1, 0.15) is 0 Å². The van der Waals surface area contributed by atoms with Crippen LogP contribution in [0.15, 0.2) is 23.7 Å². The first-order valence-electron chi connectivity index (χ1n) is 8.14. The summed E-state index contributed by atoms with van der Waals surface area (Å²) in [6.45, 7) is 4.86. The molecule has 0 saturated carbocycles. The predicted octanol–water partition coefficient (Wildman–Crippen LogP) is 3.57. The van der Waals surface area contributed by atoms with Crippen LogP contribution in [-0.2, 0) is 0 Å². The van der Waals surface area contributed by atoms with Crippen molar-refractivity contribution in [3.8, 4) is 0 Å². The molecule has 0 bridgehead atoms. The van der Waals surface area contributed by atoms with Crippen molar-refractivity contribution in [3.63, 3.8) is 0 Å². The van der Waals surface area contributed by atoms with Crippen LogP contribution in [0.2, 0.25) is 0 Å². The van der Waals surface area contributed by atoms with Crippen LogP contribution in [0, 0.1) is 0 Å². The summed E-state index contributed by atoms with van der Waals surface area (Å²) in [4.78, 5) is 7.27. The van der Waals surface area contributed by atoms with Gasteiger partial charge in [0.2, 0.25) is 0 Å². The van der Waals surface area contributed by atoms with Crippen LogP contribution < -0.4 is 5.32 Å². The summed E-state index contributed by atoms with van der Waals surface area (Å²) in [5, 5.41) is 6.00. The molecule has 4 rings (SSSR count). The van der Waals surface area contributed by atoms with Gasteiger partial charge in [0.25, 0.3) is 0 Å². The summed E-state index contributed by atoms with van der Waals surface area (Å²) < 4.78 is 1.30. The van der Waals surface area contributed by atoms with Crippen molar-refractivity contribution in [2.75, 3.05) is 13.1 Å². The van der Waals surface area contributed by atoms with E-state index in [1.54, 1.807) is 11.3 Å². The van der Waals surface area contributed by atoms with Crippen LogP contribution in [0.5, 0.6) is 0 Å². The first-order valence-corrected chi connectivity index (χ1v) is 9.02. The summed E-state index contributed by atoms with van der Waals surface area (Å²) in [6, 6.07) is 6.20. The van der Waals surface area contributed by atoms with Crippen LogP contribution in [0.25, 0.3) is 10.2 Å². The monoisotopic (exact) mass is 301 g/mol. The fraction of sp³-hybridized carbons (Fsp3) is 0.588. The van der Waals surface area contributed by atoms with Gasteiger partial charge < -0.3 is 5.32 Å². The maximum Gasteiger partial charge on any atom is 0.0809 e. The van der Waals surface area contributed by atoms with E-state index in [9.17, 15) is 0 Å². The number of nitrogens with zero attached hydrogens (tertiary/aromatic N) is 2. The van der Waals surface area contributed by atoms with Crippen LogP contribution in [0.1, 0.15) is 44.2 Å². The molecule has 3 unspecified atom stereocenters. The molecule has 2 aliphatic heterocycles. The van der Waals surface area contributed by atoms with E-state index in [1.165, 1.54) is 49.0 Å². The summed E-state index contributed by atoms with van der Waals surface area (Å²) in [6.07, 6.45) is 7.49. The molecule has 2 aliphatic rings. The zero-order valence-electron chi connectivity index (χ0n) is 12.6. The highest BCUT2D eigenvalue weighted by atomic mass is 32.1. The topological polar surface area (TPSA) is 28.2 Å². The smallest absolute Gasteiger partial charge is 0.0809 e. The molecule has 0 radical (unpaired) electrons. The Morgan fingerprint density at radius 3 is 3.24 bits per heavy atom. The minimum Gasteiger partial charge on any atom is -0.306 e.